The van der Waals surface area contributed by atoms with Crippen molar-refractivity contribution < 1.29 is 19.4 Å². The molecule has 2 fully saturated rings. The molecule has 5 heteroatoms. The molecule has 2 aliphatic carbocycles. The molecule has 0 saturated heterocycles. The van der Waals surface area contributed by atoms with Crippen molar-refractivity contribution in [3.8, 4) is 0 Å². The molecule has 1 amide bonds. The van der Waals surface area contributed by atoms with E-state index in [0.717, 1.165) is 19.3 Å². The maximum absolute atomic E-state index is 12.9. The van der Waals surface area contributed by atoms with Gasteiger partial charge in [-0.1, -0.05) is 34.6 Å². The van der Waals surface area contributed by atoms with E-state index in [4.69, 9.17) is 4.74 Å². The van der Waals surface area contributed by atoms with Gasteiger partial charge in [0.15, 0.2) is 0 Å². The zero-order valence-corrected chi connectivity index (χ0v) is 15.9. The van der Waals surface area contributed by atoms with Crippen LogP contribution in [0.15, 0.2) is 0 Å². The van der Waals surface area contributed by atoms with E-state index >= 15 is 0 Å². The highest BCUT2D eigenvalue weighted by atomic mass is 16.5. The highest BCUT2D eigenvalue weighted by Crippen LogP contribution is 2.52. The predicted molar refractivity (Wildman–Crippen MR) is 92.6 cm³/mol. The van der Waals surface area contributed by atoms with E-state index in [9.17, 15) is 14.7 Å². The summed E-state index contributed by atoms with van der Waals surface area (Å²) in [5, 5.41) is 12.8. The van der Waals surface area contributed by atoms with Gasteiger partial charge in [0.1, 0.15) is 5.54 Å². The average Bonchev–Trinajstić information content (AvgIpc) is 2.43. The van der Waals surface area contributed by atoms with Crippen LogP contribution in [0, 0.1) is 22.7 Å². The summed E-state index contributed by atoms with van der Waals surface area (Å²) in [5.41, 5.74) is -1.73. The Labute approximate surface area is 145 Å². The number of carbonyl (C=O) groups is 2. The van der Waals surface area contributed by atoms with Gasteiger partial charge in [-0.15, -0.1) is 0 Å². The van der Waals surface area contributed by atoms with Crippen molar-refractivity contribution in [2.24, 2.45) is 22.7 Å². The first kappa shape index (κ1) is 19.2. The SMILES string of the molecule is CCOC1CC(NC(=O)C2CC(C)CC(C)(C)C2)(C(=O)O)C1(C)C. The van der Waals surface area contributed by atoms with Crippen LogP contribution in [-0.2, 0) is 14.3 Å². The third-order valence-electron chi connectivity index (χ3n) is 6.22. The van der Waals surface area contributed by atoms with Crippen LogP contribution in [0.3, 0.4) is 0 Å². The first-order chi connectivity index (χ1) is 10.9. The summed E-state index contributed by atoms with van der Waals surface area (Å²) in [6.07, 6.45) is 2.95. The van der Waals surface area contributed by atoms with Crippen LogP contribution in [0.5, 0.6) is 0 Å². The quantitative estimate of drug-likeness (QED) is 0.806. The molecule has 0 aromatic carbocycles. The molecule has 2 saturated carbocycles. The normalized spacial score (nSPS) is 37.3. The van der Waals surface area contributed by atoms with E-state index in [0.29, 0.717) is 18.9 Å². The number of nitrogens with one attached hydrogen (secondary N) is 1. The summed E-state index contributed by atoms with van der Waals surface area (Å²) >= 11 is 0. The Morgan fingerprint density at radius 3 is 2.25 bits per heavy atom. The summed E-state index contributed by atoms with van der Waals surface area (Å²) in [6, 6.07) is 0. The molecule has 2 aliphatic rings. The number of carbonyl (C=O) groups excluding carboxylic acids is 1. The van der Waals surface area contributed by atoms with Crippen LogP contribution < -0.4 is 5.32 Å². The van der Waals surface area contributed by atoms with Crippen LogP contribution >= 0.6 is 0 Å². The van der Waals surface area contributed by atoms with Gasteiger partial charge in [-0.05, 0) is 37.5 Å². The molecule has 0 aliphatic heterocycles. The first-order valence-corrected chi connectivity index (χ1v) is 9.12. The maximum atomic E-state index is 12.9. The molecule has 0 spiro atoms. The van der Waals surface area contributed by atoms with E-state index < -0.39 is 16.9 Å². The van der Waals surface area contributed by atoms with Crippen molar-refractivity contribution in [1.82, 2.24) is 5.32 Å². The summed E-state index contributed by atoms with van der Waals surface area (Å²) < 4.78 is 5.66. The molecule has 0 radical (unpaired) electrons. The summed E-state index contributed by atoms with van der Waals surface area (Å²) in [6.45, 7) is 12.7. The molecular weight excluding hydrogens is 306 g/mol. The number of ether oxygens (including phenoxy) is 1. The van der Waals surface area contributed by atoms with Crippen LogP contribution in [0.1, 0.15) is 67.2 Å². The Kier molecular flexibility index (Phi) is 5.06. The van der Waals surface area contributed by atoms with Crippen LogP contribution in [0.4, 0.5) is 0 Å². The van der Waals surface area contributed by atoms with Crippen LogP contribution in [0.2, 0.25) is 0 Å². The second-order valence-corrected chi connectivity index (χ2v) is 9.18. The van der Waals surface area contributed by atoms with Gasteiger partial charge in [0.2, 0.25) is 5.91 Å². The Balaban J connectivity index is 2.15. The molecule has 138 valence electrons. The number of aliphatic carboxylic acids is 1. The molecule has 5 nitrogen and oxygen atoms in total. The summed E-state index contributed by atoms with van der Waals surface area (Å²) in [4.78, 5) is 24.9. The molecule has 0 bridgehead atoms. The zero-order valence-electron chi connectivity index (χ0n) is 15.9. The zero-order chi connectivity index (χ0) is 18.3. The van der Waals surface area contributed by atoms with E-state index in [-0.39, 0.29) is 23.3 Å². The number of hydrogen-bond donors (Lipinski definition) is 2. The fourth-order valence-corrected chi connectivity index (χ4v) is 4.90. The van der Waals surface area contributed by atoms with Crippen molar-refractivity contribution in [2.45, 2.75) is 78.9 Å². The second-order valence-electron chi connectivity index (χ2n) is 9.18. The lowest BCUT2D eigenvalue weighted by molar-refractivity contribution is -0.195. The fraction of sp³-hybridized carbons (Fsp3) is 0.895. The van der Waals surface area contributed by atoms with E-state index in [1.54, 1.807) is 0 Å². The highest BCUT2D eigenvalue weighted by molar-refractivity contribution is 5.90. The van der Waals surface area contributed by atoms with E-state index in [1.807, 2.05) is 20.8 Å². The molecule has 0 aromatic heterocycles. The van der Waals surface area contributed by atoms with Crippen molar-refractivity contribution in [3.05, 3.63) is 0 Å². The number of hydrogen-bond acceptors (Lipinski definition) is 3. The Bertz CT molecular complexity index is 513. The van der Waals surface area contributed by atoms with Crippen molar-refractivity contribution in [1.29, 1.82) is 0 Å². The van der Waals surface area contributed by atoms with E-state index in [2.05, 4.69) is 26.1 Å². The smallest absolute Gasteiger partial charge is 0.330 e. The van der Waals surface area contributed by atoms with Gasteiger partial charge >= 0.3 is 5.97 Å². The fourth-order valence-electron chi connectivity index (χ4n) is 4.90. The van der Waals surface area contributed by atoms with Crippen molar-refractivity contribution in [2.75, 3.05) is 6.61 Å². The van der Waals surface area contributed by atoms with Gasteiger partial charge in [0.25, 0.3) is 0 Å². The predicted octanol–water partition coefficient (Wildman–Crippen LogP) is 3.22. The van der Waals surface area contributed by atoms with Gasteiger partial charge < -0.3 is 15.2 Å². The maximum Gasteiger partial charge on any atom is 0.330 e. The van der Waals surface area contributed by atoms with Gasteiger partial charge in [0.05, 0.1) is 6.10 Å². The lowest BCUT2D eigenvalue weighted by Gasteiger charge is -2.58. The lowest BCUT2D eigenvalue weighted by Crippen LogP contribution is -2.76. The Morgan fingerprint density at radius 1 is 1.17 bits per heavy atom. The number of rotatable bonds is 5. The molecular formula is C19H33NO4. The Hall–Kier alpha value is -1.10. The Morgan fingerprint density at radius 2 is 1.79 bits per heavy atom. The van der Waals surface area contributed by atoms with Crippen molar-refractivity contribution >= 4 is 11.9 Å². The van der Waals surface area contributed by atoms with Crippen LogP contribution in [-0.4, -0.2) is 35.2 Å². The van der Waals surface area contributed by atoms with Gasteiger partial charge in [-0.3, -0.25) is 4.79 Å². The minimum Gasteiger partial charge on any atom is -0.479 e. The lowest BCUT2D eigenvalue weighted by atomic mass is 9.54. The summed E-state index contributed by atoms with van der Waals surface area (Å²) in [7, 11) is 0. The monoisotopic (exact) mass is 339 g/mol. The van der Waals surface area contributed by atoms with Gasteiger partial charge in [-0.25, -0.2) is 4.79 Å². The third kappa shape index (κ3) is 3.19. The number of amides is 1. The standard InChI is InChI=1S/C19H33NO4/c1-7-24-14-11-19(16(22)23,18(14,5)6)20-15(21)13-8-12(2)9-17(3,4)10-13/h12-14H,7-11H2,1-6H3,(H,20,21)(H,22,23). The minimum atomic E-state index is -1.23. The molecule has 0 heterocycles. The third-order valence-corrected chi connectivity index (χ3v) is 6.22. The van der Waals surface area contributed by atoms with E-state index in [1.165, 1.54) is 0 Å². The molecule has 2 rings (SSSR count). The van der Waals surface area contributed by atoms with Crippen LogP contribution in [0.25, 0.3) is 0 Å². The summed E-state index contributed by atoms with van der Waals surface area (Å²) in [5.74, 6) is -0.697. The first-order valence-electron chi connectivity index (χ1n) is 9.12. The molecule has 24 heavy (non-hydrogen) atoms. The highest BCUT2D eigenvalue weighted by Gasteiger charge is 2.66. The molecule has 4 unspecified atom stereocenters. The average molecular weight is 339 g/mol. The minimum absolute atomic E-state index is 0.109. The molecule has 4 atom stereocenters. The van der Waals surface area contributed by atoms with Crippen molar-refractivity contribution in [3.63, 3.8) is 0 Å². The largest absolute Gasteiger partial charge is 0.479 e. The van der Waals surface area contributed by atoms with Gasteiger partial charge in [-0.2, -0.15) is 0 Å². The molecule has 0 aromatic rings. The molecule has 2 N–H and O–H groups in total. The topological polar surface area (TPSA) is 75.6 Å². The number of carboxylic acids is 1. The van der Waals surface area contributed by atoms with Gasteiger partial charge in [0, 0.05) is 24.4 Å². The second kappa shape index (κ2) is 6.32. The number of carboxylic acid groups (broad SMARTS) is 1.